The summed E-state index contributed by atoms with van der Waals surface area (Å²) in [6, 6.07) is 9.58. The van der Waals surface area contributed by atoms with E-state index in [1.165, 1.54) is 6.20 Å². The van der Waals surface area contributed by atoms with Crippen LogP contribution in [0.2, 0.25) is 0 Å². The van der Waals surface area contributed by atoms with Crippen molar-refractivity contribution in [3.05, 3.63) is 71.5 Å². The summed E-state index contributed by atoms with van der Waals surface area (Å²) in [5.41, 5.74) is 3.08. The molecule has 1 aliphatic heterocycles. The average molecular weight is 349 g/mol. The van der Waals surface area contributed by atoms with E-state index >= 15 is 0 Å². The maximum absolute atomic E-state index is 12.7. The van der Waals surface area contributed by atoms with Gasteiger partial charge in [-0.2, -0.15) is 0 Å². The van der Waals surface area contributed by atoms with Gasteiger partial charge in [-0.3, -0.25) is 9.78 Å². The van der Waals surface area contributed by atoms with Gasteiger partial charge in [0, 0.05) is 55.9 Å². The molecule has 4 rings (SSSR count). The van der Waals surface area contributed by atoms with E-state index in [2.05, 4.69) is 15.0 Å². The van der Waals surface area contributed by atoms with Crippen molar-refractivity contribution >= 4 is 11.7 Å². The van der Waals surface area contributed by atoms with Crippen LogP contribution in [-0.4, -0.2) is 39.0 Å². The Hall–Kier alpha value is -3.22. The van der Waals surface area contributed by atoms with Crippen molar-refractivity contribution in [2.45, 2.75) is 20.0 Å². The maximum atomic E-state index is 12.7. The quantitative estimate of drug-likeness (QED) is 0.723. The second-order valence-electron chi connectivity index (χ2n) is 6.32. The minimum atomic E-state index is -0.155. The Labute approximate surface area is 151 Å². The van der Waals surface area contributed by atoms with Crippen LogP contribution in [0, 0.1) is 6.92 Å². The van der Waals surface area contributed by atoms with Gasteiger partial charge in [0.1, 0.15) is 5.82 Å². The molecule has 0 radical (unpaired) electrons. The monoisotopic (exact) mass is 349 g/mol. The number of aromatic nitrogens is 3. The van der Waals surface area contributed by atoms with E-state index in [-0.39, 0.29) is 11.7 Å². The molecule has 0 spiro atoms. The van der Waals surface area contributed by atoms with E-state index in [1.54, 1.807) is 17.2 Å². The Bertz CT molecular complexity index is 896. The summed E-state index contributed by atoms with van der Waals surface area (Å²) in [5.74, 6) is 1.02. The summed E-state index contributed by atoms with van der Waals surface area (Å²) >= 11 is 0. The first-order valence-corrected chi connectivity index (χ1v) is 8.51. The van der Waals surface area contributed by atoms with Crippen molar-refractivity contribution < 1.29 is 9.32 Å². The van der Waals surface area contributed by atoms with E-state index < -0.39 is 0 Å². The van der Waals surface area contributed by atoms with E-state index in [4.69, 9.17) is 9.51 Å². The van der Waals surface area contributed by atoms with Gasteiger partial charge in [-0.15, -0.1) is 0 Å². The minimum Gasteiger partial charge on any atom is -0.351 e. The number of pyridine rings is 2. The number of amides is 1. The molecule has 1 aliphatic rings. The normalized spacial score (nSPS) is 14.0. The Kier molecular flexibility index (Phi) is 4.35. The summed E-state index contributed by atoms with van der Waals surface area (Å²) < 4.78 is 5.04. The summed E-state index contributed by atoms with van der Waals surface area (Å²) in [4.78, 5) is 25.6. The van der Waals surface area contributed by atoms with Crippen LogP contribution in [0.3, 0.4) is 0 Å². The molecule has 7 nitrogen and oxygen atoms in total. The van der Waals surface area contributed by atoms with Gasteiger partial charge in [-0.1, -0.05) is 17.3 Å². The van der Waals surface area contributed by atoms with Gasteiger partial charge in [-0.05, 0) is 24.6 Å². The number of carbonyl (C=O) groups excluding carboxylic acids is 1. The average Bonchev–Trinajstić information content (AvgIpc) is 3.14. The first-order chi connectivity index (χ1) is 12.7. The SMILES string of the molecule is Cc1ccc2c(n1)N(Cc1cccnc1)CCN(C(=O)c1ccno1)C2. The lowest BCUT2D eigenvalue weighted by Gasteiger charge is -2.24. The zero-order valence-corrected chi connectivity index (χ0v) is 14.5. The molecule has 7 heteroatoms. The molecule has 26 heavy (non-hydrogen) atoms. The van der Waals surface area contributed by atoms with E-state index in [9.17, 15) is 4.79 Å². The molecule has 0 bridgehead atoms. The molecule has 0 saturated carbocycles. The molecular formula is C19H19N5O2. The molecule has 0 aromatic carbocycles. The number of carbonyl (C=O) groups is 1. The zero-order chi connectivity index (χ0) is 17.9. The van der Waals surface area contributed by atoms with Gasteiger partial charge in [0.25, 0.3) is 5.91 Å². The summed E-state index contributed by atoms with van der Waals surface area (Å²) in [6.07, 6.45) is 5.11. The fourth-order valence-electron chi connectivity index (χ4n) is 3.12. The number of fused-ring (bicyclic) bond motifs is 1. The minimum absolute atomic E-state index is 0.155. The standard InChI is InChI=1S/C19H19N5O2/c1-14-4-5-16-13-24(19(25)17-6-8-21-26-17)10-9-23(18(16)22-14)12-15-3-2-7-20-11-15/h2-8,11H,9-10,12-13H2,1H3. The Morgan fingerprint density at radius 1 is 1.19 bits per heavy atom. The van der Waals surface area contributed by atoms with Crippen LogP contribution in [0.15, 0.2) is 53.4 Å². The molecule has 0 fully saturated rings. The van der Waals surface area contributed by atoms with Gasteiger partial charge < -0.3 is 14.3 Å². The predicted molar refractivity (Wildman–Crippen MR) is 95.5 cm³/mol. The Morgan fingerprint density at radius 3 is 2.88 bits per heavy atom. The van der Waals surface area contributed by atoms with Crippen molar-refractivity contribution in [3.63, 3.8) is 0 Å². The highest BCUT2D eigenvalue weighted by molar-refractivity contribution is 5.91. The molecule has 3 aromatic rings. The van der Waals surface area contributed by atoms with E-state index in [0.29, 0.717) is 26.2 Å². The highest BCUT2D eigenvalue weighted by Crippen LogP contribution is 2.26. The first kappa shape index (κ1) is 16.3. The third-order valence-electron chi connectivity index (χ3n) is 4.43. The summed E-state index contributed by atoms with van der Waals surface area (Å²) in [6.45, 7) is 4.42. The highest BCUT2D eigenvalue weighted by atomic mass is 16.5. The van der Waals surface area contributed by atoms with Crippen LogP contribution in [0.5, 0.6) is 0 Å². The van der Waals surface area contributed by atoms with Gasteiger partial charge in [0.05, 0.1) is 6.20 Å². The van der Waals surface area contributed by atoms with Crippen LogP contribution in [0.4, 0.5) is 5.82 Å². The molecule has 132 valence electrons. The van der Waals surface area contributed by atoms with Crippen LogP contribution >= 0.6 is 0 Å². The second kappa shape index (κ2) is 6.95. The molecule has 0 saturated heterocycles. The summed E-state index contributed by atoms with van der Waals surface area (Å²) in [7, 11) is 0. The highest BCUT2D eigenvalue weighted by Gasteiger charge is 2.26. The Morgan fingerprint density at radius 2 is 2.12 bits per heavy atom. The number of nitrogens with zero attached hydrogens (tertiary/aromatic N) is 5. The number of rotatable bonds is 3. The van der Waals surface area contributed by atoms with Gasteiger partial charge in [-0.25, -0.2) is 4.98 Å². The van der Waals surface area contributed by atoms with Crippen molar-refractivity contribution in [1.29, 1.82) is 0 Å². The van der Waals surface area contributed by atoms with Gasteiger partial charge >= 0.3 is 0 Å². The third-order valence-corrected chi connectivity index (χ3v) is 4.43. The predicted octanol–water partition coefficient (Wildman–Crippen LogP) is 2.44. The van der Waals surface area contributed by atoms with Crippen molar-refractivity contribution in [2.75, 3.05) is 18.0 Å². The number of anilines is 1. The van der Waals surface area contributed by atoms with Gasteiger partial charge in [0.15, 0.2) is 0 Å². The molecule has 1 amide bonds. The molecule has 0 atom stereocenters. The second-order valence-corrected chi connectivity index (χ2v) is 6.32. The number of hydrogen-bond donors (Lipinski definition) is 0. The van der Waals surface area contributed by atoms with Crippen LogP contribution < -0.4 is 4.90 Å². The molecule has 0 unspecified atom stereocenters. The first-order valence-electron chi connectivity index (χ1n) is 8.51. The molecular weight excluding hydrogens is 330 g/mol. The molecule has 3 aromatic heterocycles. The molecule has 0 N–H and O–H groups in total. The lowest BCUT2D eigenvalue weighted by atomic mass is 10.2. The molecule has 0 aliphatic carbocycles. The molecule has 4 heterocycles. The lowest BCUT2D eigenvalue weighted by Crippen LogP contribution is -2.35. The van der Waals surface area contributed by atoms with Crippen LogP contribution in [0.25, 0.3) is 0 Å². The zero-order valence-electron chi connectivity index (χ0n) is 14.5. The maximum Gasteiger partial charge on any atom is 0.292 e. The number of hydrogen-bond acceptors (Lipinski definition) is 6. The van der Waals surface area contributed by atoms with Crippen molar-refractivity contribution in [1.82, 2.24) is 20.0 Å². The van der Waals surface area contributed by atoms with Crippen LogP contribution in [0.1, 0.15) is 27.4 Å². The summed E-state index contributed by atoms with van der Waals surface area (Å²) in [5, 5.41) is 3.64. The fraction of sp³-hybridized carbons (Fsp3) is 0.263. The third kappa shape index (κ3) is 3.28. The van der Waals surface area contributed by atoms with E-state index in [0.717, 1.165) is 22.6 Å². The van der Waals surface area contributed by atoms with Gasteiger partial charge in [0.2, 0.25) is 5.76 Å². The van der Waals surface area contributed by atoms with Crippen molar-refractivity contribution in [2.24, 2.45) is 0 Å². The lowest BCUT2D eigenvalue weighted by molar-refractivity contribution is 0.0709. The largest absolute Gasteiger partial charge is 0.351 e. The van der Waals surface area contributed by atoms with E-state index in [1.807, 2.05) is 37.4 Å². The smallest absolute Gasteiger partial charge is 0.292 e. The topological polar surface area (TPSA) is 75.4 Å². The Balaban J connectivity index is 1.64. The van der Waals surface area contributed by atoms with Crippen LogP contribution in [-0.2, 0) is 13.1 Å². The fourth-order valence-corrected chi connectivity index (χ4v) is 3.12. The van der Waals surface area contributed by atoms with Crippen molar-refractivity contribution in [3.8, 4) is 0 Å². The number of aryl methyl sites for hydroxylation is 1.